The molecule has 2 aliphatic rings. The van der Waals surface area contributed by atoms with Crippen LogP contribution >= 0.6 is 11.8 Å². The summed E-state index contributed by atoms with van der Waals surface area (Å²) < 4.78 is 0. The topological polar surface area (TPSA) is 24.7 Å². The van der Waals surface area contributed by atoms with Crippen LogP contribution in [0.1, 0.15) is 0 Å². The van der Waals surface area contributed by atoms with Gasteiger partial charge in [-0.1, -0.05) is 42.6 Å². The second-order valence-electron chi connectivity index (χ2n) is 4.14. The van der Waals surface area contributed by atoms with Gasteiger partial charge < -0.3 is 0 Å². The molecule has 3 heteroatoms. The lowest BCUT2D eigenvalue weighted by molar-refractivity contribution is 1.07. The molecule has 1 aliphatic carbocycles. The molecule has 0 unspecified atom stereocenters. The van der Waals surface area contributed by atoms with E-state index in [-0.39, 0.29) is 0 Å². The molecule has 0 spiro atoms. The van der Waals surface area contributed by atoms with Crippen LogP contribution in [0.15, 0.2) is 86.4 Å². The molecule has 19 heavy (non-hydrogen) atoms. The first-order chi connectivity index (χ1) is 9.33. The summed E-state index contributed by atoms with van der Waals surface area (Å²) in [6.45, 7) is 4.66. The van der Waals surface area contributed by atoms with Crippen LogP contribution in [0.3, 0.4) is 0 Å². The predicted molar refractivity (Wildman–Crippen MR) is 79.2 cm³/mol. The Labute approximate surface area is 116 Å². The van der Waals surface area contributed by atoms with Gasteiger partial charge >= 0.3 is 0 Å². The summed E-state index contributed by atoms with van der Waals surface area (Å²) in [5.74, 6) is 0. The summed E-state index contributed by atoms with van der Waals surface area (Å²) in [5, 5.41) is 2.55. The smallest absolute Gasteiger partial charge is 0.0944 e. The van der Waals surface area contributed by atoms with Crippen molar-refractivity contribution in [1.29, 1.82) is 0 Å². The van der Waals surface area contributed by atoms with Crippen LogP contribution in [0, 0.1) is 0 Å². The van der Waals surface area contributed by atoms with Crippen molar-refractivity contribution in [2.24, 2.45) is 9.98 Å². The Morgan fingerprint density at radius 1 is 1.21 bits per heavy atom. The Hall–Kier alpha value is -2.09. The number of benzene rings is 1. The third-order valence-corrected chi connectivity index (χ3v) is 3.72. The monoisotopic (exact) mass is 264 g/mol. The lowest BCUT2D eigenvalue weighted by atomic mass is 10.2. The largest absolute Gasteiger partial charge is 0.278 e. The Morgan fingerprint density at radius 2 is 2.05 bits per heavy atom. The van der Waals surface area contributed by atoms with E-state index in [1.54, 1.807) is 11.8 Å². The molecular weight excluding hydrogens is 252 g/mol. The molecule has 0 saturated heterocycles. The SMILES string of the molecule is C=C1N=c2ccccc2=NCC2=C(C=C=CC=C2)S1. The highest BCUT2D eigenvalue weighted by Crippen LogP contribution is 2.30. The average Bonchev–Trinajstić information content (AvgIpc) is 2.59. The summed E-state index contributed by atoms with van der Waals surface area (Å²) in [5.41, 5.74) is 4.28. The number of nitrogens with zero attached hydrogens (tertiary/aromatic N) is 2. The van der Waals surface area contributed by atoms with Crippen molar-refractivity contribution >= 4 is 11.8 Å². The van der Waals surface area contributed by atoms with Gasteiger partial charge in [0.15, 0.2) is 0 Å². The van der Waals surface area contributed by atoms with Crippen molar-refractivity contribution in [2.75, 3.05) is 6.54 Å². The highest BCUT2D eigenvalue weighted by molar-refractivity contribution is 8.06. The molecule has 92 valence electrons. The summed E-state index contributed by atoms with van der Waals surface area (Å²) in [7, 11) is 0. The zero-order valence-corrected chi connectivity index (χ0v) is 11.2. The van der Waals surface area contributed by atoms with Gasteiger partial charge in [-0.05, 0) is 29.9 Å². The van der Waals surface area contributed by atoms with E-state index >= 15 is 0 Å². The van der Waals surface area contributed by atoms with E-state index in [2.05, 4.69) is 28.4 Å². The van der Waals surface area contributed by atoms with Gasteiger partial charge in [0.1, 0.15) is 0 Å². The van der Waals surface area contributed by atoms with Crippen LogP contribution in [0.4, 0.5) is 0 Å². The molecular formula is C16H12N2S. The number of para-hydroxylation sites is 2. The Kier molecular flexibility index (Phi) is 3.32. The number of rotatable bonds is 0. The number of fused-ring (bicyclic) bond motifs is 1. The Balaban J connectivity index is 2.18. The van der Waals surface area contributed by atoms with Crippen molar-refractivity contribution in [1.82, 2.24) is 0 Å². The highest BCUT2D eigenvalue weighted by Gasteiger charge is 2.07. The number of hydrogen-bond acceptors (Lipinski definition) is 3. The normalized spacial score (nSPS) is 17.4. The van der Waals surface area contributed by atoms with E-state index in [4.69, 9.17) is 0 Å². The maximum absolute atomic E-state index is 4.65. The van der Waals surface area contributed by atoms with Gasteiger partial charge in [-0.15, -0.1) is 5.73 Å². The van der Waals surface area contributed by atoms with Gasteiger partial charge in [0, 0.05) is 4.91 Å². The Bertz CT molecular complexity index is 775. The molecule has 1 aromatic rings. The van der Waals surface area contributed by atoms with Gasteiger partial charge in [0.05, 0.1) is 22.3 Å². The van der Waals surface area contributed by atoms with Gasteiger partial charge in [0.2, 0.25) is 0 Å². The first-order valence-electron chi connectivity index (χ1n) is 6.00. The van der Waals surface area contributed by atoms with Gasteiger partial charge in [0.25, 0.3) is 0 Å². The van der Waals surface area contributed by atoms with Crippen molar-refractivity contribution in [3.63, 3.8) is 0 Å². The second kappa shape index (κ2) is 5.27. The minimum Gasteiger partial charge on any atom is -0.278 e. The minimum atomic E-state index is 0.644. The highest BCUT2D eigenvalue weighted by atomic mass is 32.2. The molecule has 0 amide bonds. The van der Waals surface area contributed by atoms with Crippen molar-refractivity contribution in [3.8, 4) is 0 Å². The number of allylic oxidation sites excluding steroid dienone is 2. The molecule has 1 aliphatic heterocycles. The molecule has 0 saturated carbocycles. The summed E-state index contributed by atoms with van der Waals surface area (Å²) in [6.07, 6.45) is 7.92. The van der Waals surface area contributed by atoms with Gasteiger partial charge in [-0.2, -0.15) is 0 Å². The van der Waals surface area contributed by atoms with E-state index in [0.717, 1.165) is 20.6 Å². The molecule has 2 nitrogen and oxygen atoms in total. The van der Waals surface area contributed by atoms with E-state index in [1.807, 2.05) is 42.5 Å². The summed E-state index contributed by atoms with van der Waals surface area (Å²) in [4.78, 5) is 10.3. The van der Waals surface area contributed by atoms with Crippen LogP contribution in [0.2, 0.25) is 0 Å². The average molecular weight is 264 g/mol. The van der Waals surface area contributed by atoms with Crippen molar-refractivity contribution in [3.05, 3.63) is 87.1 Å². The second-order valence-corrected chi connectivity index (χ2v) is 5.25. The van der Waals surface area contributed by atoms with Crippen LogP contribution in [-0.4, -0.2) is 6.54 Å². The fourth-order valence-corrected chi connectivity index (χ4v) is 2.68. The third-order valence-electron chi connectivity index (χ3n) is 2.80. The van der Waals surface area contributed by atoms with Crippen molar-refractivity contribution in [2.45, 2.75) is 0 Å². The molecule has 0 radical (unpaired) electrons. The van der Waals surface area contributed by atoms with Crippen LogP contribution in [-0.2, 0) is 0 Å². The third kappa shape index (κ3) is 2.68. The maximum atomic E-state index is 4.65. The fourth-order valence-electron chi connectivity index (χ4n) is 1.89. The molecule has 0 N–H and O–H groups in total. The van der Waals surface area contributed by atoms with E-state index < -0.39 is 0 Å². The van der Waals surface area contributed by atoms with Gasteiger partial charge in [-0.3, -0.25) is 4.99 Å². The quantitative estimate of drug-likeness (QED) is 0.661. The molecule has 0 fully saturated rings. The molecule has 1 heterocycles. The molecule has 3 rings (SSSR count). The van der Waals surface area contributed by atoms with E-state index in [1.165, 1.54) is 5.57 Å². The first-order valence-corrected chi connectivity index (χ1v) is 6.82. The Morgan fingerprint density at radius 3 is 2.95 bits per heavy atom. The zero-order valence-electron chi connectivity index (χ0n) is 10.3. The van der Waals surface area contributed by atoms with E-state index in [9.17, 15) is 0 Å². The first kappa shape index (κ1) is 12.0. The molecule has 0 atom stereocenters. The number of hydrogen-bond donors (Lipinski definition) is 0. The lowest BCUT2D eigenvalue weighted by Gasteiger charge is -2.04. The molecule has 0 aromatic heterocycles. The van der Waals surface area contributed by atoms with Crippen LogP contribution < -0.4 is 10.7 Å². The predicted octanol–water partition coefficient (Wildman–Crippen LogP) is 2.68. The van der Waals surface area contributed by atoms with Gasteiger partial charge in [-0.25, -0.2) is 4.99 Å². The molecule has 1 aromatic carbocycles. The van der Waals surface area contributed by atoms with Crippen LogP contribution in [0.5, 0.6) is 0 Å². The van der Waals surface area contributed by atoms with E-state index in [0.29, 0.717) is 6.54 Å². The lowest BCUT2D eigenvalue weighted by Crippen LogP contribution is -2.24. The fraction of sp³-hybridized carbons (Fsp3) is 0.0625. The standard InChI is InChI=1S/C16H12N2S/c1-12-18-15-9-6-5-8-14(15)17-11-13-7-3-2-4-10-16(13)19-12/h2-3,5-10H,1,11H2. The summed E-state index contributed by atoms with van der Waals surface area (Å²) in [6, 6.07) is 7.89. The minimum absolute atomic E-state index is 0.644. The van der Waals surface area contributed by atoms with Crippen LogP contribution in [0.25, 0.3) is 0 Å². The maximum Gasteiger partial charge on any atom is 0.0944 e. The molecule has 0 bridgehead atoms. The zero-order chi connectivity index (χ0) is 13.1. The van der Waals surface area contributed by atoms with Crippen molar-refractivity contribution < 1.29 is 0 Å². The number of thioether (sulfide) groups is 1. The summed E-state index contributed by atoms with van der Waals surface area (Å²) >= 11 is 1.56.